The van der Waals surface area contributed by atoms with E-state index in [9.17, 15) is 4.79 Å². The van der Waals surface area contributed by atoms with Crippen LogP contribution in [-0.2, 0) is 10.2 Å². The number of benzene rings is 1. The Morgan fingerprint density at radius 3 is 2.65 bits per heavy atom. The number of carbonyl (C=O) groups is 1. The highest BCUT2D eigenvalue weighted by Gasteiger charge is 2.51. The maximum absolute atomic E-state index is 12.5. The number of nitrogens with two attached hydrogens (primary N) is 1. The first-order valence-corrected chi connectivity index (χ1v) is 7.80. The van der Waals surface area contributed by atoms with Gasteiger partial charge in [-0.3, -0.25) is 4.79 Å². The number of hydrogen-bond donors (Lipinski definition) is 2. The third-order valence-corrected chi connectivity index (χ3v) is 4.89. The summed E-state index contributed by atoms with van der Waals surface area (Å²) in [6.45, 7) is 0.793. The van der Waals surface area contributed by atoms with Crippen molar-refractivity contribution in [3.63, 3.8) is 0 Å². The fraction of sp³-hybridized carbons (Fsp3) is 0.588. The van der Waals surface area contributed by atoms with Crippen molar-refractivity contribution in [3.8, 4) is 0 Å². The van der Waals surface area contributed by atoms with Gasteiger partial charge in [-0.25, -0.2) is 0 Å². The minimum absolute atomic E-state index is 0.211. The lowest BCUT2D eigenvalue weighted by molar-refractivity contribution is -0.123. The number of carbonyl (C=O) groups excluding carboxylic acids is 1. The van der Waals surface area contributed by atoms with Crippen LogP contribution >= 0.6 is 0 Å². The fourth-order valence-electron chi connectivity index (χ4n) is 3.45. The molecule has 0 saturated heterocycles. The molecule has 2 saturated carbocycles. The van der Waals surface area contributed by atoms with Crippen LogP contribution in [0.4, 0.5) is 0 Å². The average molecular weight is 272 g/mol. The molecule has 0 spiro atoms. The minimum Gasteiger partial charge on any atom is -0.355 e. The second-order valence-corrected chi connectivity index (χ2v) is 6.45. The predicted octanol–water partition coefficient (Wildman–Crippen LogP) is 2.35. The first-order chi connectivity index (χ1) is 9.71. The van der Waals surface area contributed by atoms with Crippen LogP contribution in [0.3, 0.4) is 0 Å². The second-order valence-electron chi connectivity index (χ2n) is 6.45. The zero-order chi connectivity index (χ0) is 14.0. The average Bonchev–Trinajstić information content (AvgIpc) is 3.27. The SMILES string of the molecule is NC1CCCC(CNC(=O)C2(c3ccccc3)CC2)C1. The van der Waals surface area contributed by atoms with Crippen LogP contribution in [0.5, 0.6) is 0 Å². The van der Waals surface area contributed by atoms with Crippen molar-refractivity contribution in [1.82, 2.24) is 5.32 Å². The smallest absolute Gasteiger partial charge is 0.230 e. The van der Waals surface area contributed by atoms with Crippen LogP contribution in [0.2, 0.25) is 0 Å². The molecule has 2 unspecified atom stereocenters. The Labute approximate surface area is 120 Å². The number of nitrogens with one attached hydrogen (secondary N) is 1. The monoisotopic (exact) mass is 272 g/mol. The van der Waals surface area contributed by atoms with Crippen molar-refractivity contribution in [2.75, 3.05) is 6.54 Å². The maximum Gasteiger partial charge on any atom is 0.230 e. The molecule has 0 radical (unpaired) electrons. The quantitative estimate of drug-likeness (QED) is 0.884. The summed E-state index contributed by atoms with van der Waals surface area (Å²) in [6, 6.07) is 10.5. The van der Waals surface area contributed by atoms with E-state index < -0.39 is 0 Å². The van der Waals surface area contributed by atoms with Crippen LogP contribution < -0.4 is 11.1 Å². The lowest BCUT2D eigenvalue weighted by Crippen LogP contribution is -2.40. The number of hydrogen-bond acceptors (Lipinski definition) is 2. The molecule has 2 aliphatic rings. The highest BCUT2D eigenvalue weighted by atomic mass is 16.2. The van der Waals surface area contributed by atoms with Crippen molar-refractivity contribution in [2.24, 2.45) is 11.7 Å². The van der Waals surface area contributed by atoms with E-state index in [1.807, 2.05) is 18.2 Å². The zero-order valence-electron chi connectivity index (χ0n) is 12.0. The molecule has 2 atom stereocenters. The van der Waals surface area contributed by atoms with Crippen LogP contribution in [0.1, 0.15) is 44.1 Å². The van der Waals surface area contributed by atoms with Crippen LogP contribution in [0.25, 0.3) is 0 Å². The molecule has 2 fully saturated rings. The van der Waals surface area contributed by atoms with Gasteiger partial charge >= 0.3 is 0 Å². The Bertz CT molecular complexity index is 467. The lowest BCUT2D eigenvalue weighted by Gasteiger charge is -2.27. The zero-order valence-corrected chi connectivity index (χ0v) is 12.0. The summed E-state index contributed by atoms with van der Waals surface area (Å²) in [5.74, 6) is 0.775. The van der Waals surface area contributed by atoms with Crippen molar-refractivity contribution in [3.05, 3.63) is 35.9 Å². The third kappa shape index (κ3) is 2.73. The Balaban J connectivity index is 1.57. The van der Waals surface area contributed by atoms with Crippen LogP contribution in [0, 0.1) is 5.92 Å². The number of amides is 1. The van der Waals surface area contributed by atoms with Gasteiger partial charge in [-0.15, -0.1) is 0 Å². The third-order valence-electron chi connectivity index (χ3n) is 4.89. The van der Waals surface area contributed by atoms with Crippen molar-refractivity contribution < 1.29 is 4.79 Å². The van der Waals surface area contributed by atoms with Crippen LogP contribution in [-0.4, -0.2) is 18.5 Å². The van der Waals surface area contributed by atoms with Gasteiger partial charge < -0.3 is 11.1 Å². The Morgan fingerprint density at radius 1 is 1.25 bits per heavy atom. The molecule has 1 aromatic rings. The molecule has 0 aromatic heterocycles. The first-order valence-electron chi connectivity index (χ1n) is 7.80. The summed E-state index contributed by atoms with van der Waals surface area (Å²) < 4.78 is 0. The fourth-order valence-corrected chi connectivity index (χ4v) is 3.45. The van der Waals surface area contributed by atoms with Gasteiger partial charge in [-0.2, -0.15) is 0 Å². The molecule has 0 heterocycles. The molecule has 3 nitrogen and oxygen atoms in total. The van der Waals surface area contributed by atoms with Gasteiger partial charge in [0.05, 0.1) is 5.41 Å². The predicted molar refractivity (Wildman–Crippen MR) is 80.3 cm³/mol. The van der Waals surface area contributed by atoms with E-state index in [0.717, 1.165) is 37.8 Å². The molecular weight excluding hydrogens is 248 g/mol. The van der Waals surface area contributed by atoms with E-state index >= 15 is 0 Å². The number of rotatable bonds is 4. The lowest BCUT2D eigenvalue weighted by atomic mass is 9.86. The van der Waals surface area contributed by atoms with Crippen molar-refractivity contribution >= 4 is 5.91 Å². The highest BCUT2D eigenvalue weighted by molar-refractivity contribution is 5.91. The highest BCUT2D eigenvalue weighted by Crippen LogP contribution is 2.48. The molecule has 0 bridgehead atoms. The summed E-state index contributed by atoms with van der Waals surface area (Å²) >= 11 is 0. The van der Waals surface area contributed by atoms with E-state index in [2.05, 4.69) is 17.4 Å². The van der Waals surface area contributed by atoms with E-state index in [1.54, 1.807) is 0 Å². The van der Waals surface area contributed by atoms with E-state index in [0.29, 0.717) is 12.0 Å². The van der Waals surface area contributed by atoms with E-state index in [1.165, 1.54) is 12.8 Å². The van der Waals surface area contributed by atoms with Gasteiger partial charge in [0.2, 0.25) is 5.91 Å². The summed E-state index contributed by atoms with van der Waals surface area (Å²) in [6.07, 6.45) is 6.55. The molecular formula is C17H24N2O. The first kappa shape index (κ1) is 13.6. The van der Waals surface area contributed by atoms with Gasteiger partial charge in [0.1, 0.15) is 0 Å². The standard InChI is InChI=1S/C17H24N2O/c18-15-8-4-5-13(11-15)12-19-16(20)17(9-10-17)14-6-2-1-3-7-14/h1-3,6-7,13,15H,4-5,8-12,18H2,(H,19,20). The van der Waals surface area contributed by atoms with Gasteiger partial charge in [0.15, 0.2) is 0 Å². The summed E-state index contributed by atoms with van der Waals surface area (Å²) in [5, 5.41) is 3.18. The normalized spacial score (nSPS) is 27.9. The Morgan fingerprint density at radius 2 is 2.00 bits per heavy atom. The van der Waals surface area contributed by atoms with Gasteiger partial charge in [-0.05, 0) is 43.6 Å². The van der Waals surface area contributed by atoms with E-state index in [4.69, 9.17) is 5.73 Å². The van der Waals surface area contributed by atoms with Gasteiger partial charge in [0, 0.05) is 12.6 Å². The Hall–Kier alpha value is -1.35. The molecule has 20 heavy (non-hydrogen) atoms. The second kappa shape index (κ2) is 5.57. The summed E-state index contributed by atoms with van der Waals surface area (Å²) in [7, 11) is 0. The molecule has 1 aromatic carbocycles. The van der Waals surface area contributed by atoms with Crippen molar-refractivity contribution in [1.29, 1.82) is 0 Å². The molecule has 2 aliphatic carbocycles. The molecule has 3 rings (SSSR count). The molecule has 108 valence electrons. The maximum atomic E-state index is 12.5. The molecule has 3 N–H and O–H groups in total. The van der Waals surface area contributed by atoms with Crippen LogP contribution in [0.15, 0.2) is 30.3 Å². The van der Waals surface area contributed by atoms with Gasteiger partial charge in [0.25, 0.3) is 0 Å². The molecule has 1 amide bonds. The summed E-state index contributed by atoms with van der Waals surface area (Å²) in [5.41, 5.74) is 6.93. The minimum atomic E-state index is -0.238. The molecule has 3 heteroatoms. The molecule has 0 aliphatic heterocycles. The van der Waals surface area contributed by atoms with Crippen molar-refractivity contribution in [2.45, 2.75) is 50.0 Å². The van der Waals surface area contributed by atoms with E-state index in [-0.39, 0.29) is 11.3 Å². The Kier molecular flexibility index (Phi) is 3.79. The topological polar surface area (TPSA) is 55.1 Å². The largest absolute Gasteiger partial charge is 0.355 e. The van der Waals surface area contributed by atoms with Gasteiger partial charge in [-0.1, -0.05) is 36.8 Å². The summed E-state index contributed by atoms with van der Waals surface area (Å²) in [4.78, 5) is 12.5.